The largest absolute Gasteiger partial charge is 0.304 e. The van der Waals surface area contributed by atoms with Gasteiger partial charge in [0.1, 0.15) is 5.69 Å². The molecule has 0 aliphatic carbocycles. The minimum absolute atomic E-state index is 0.284. The van der Waals surface area contributed by atoms with E-state index in [2.05, 4.69) is 20.4 Å². The van der Waals surface area contributed by atoms with Gasteiger partial charge in [0, 0.05) is 18.0 Å². The number of aryl methyl sites for hydroxylation is 1. The summed E-state index contributed by atoms with van der Waals surface area (Å²) < 4.78 is 1.79. The molecule has 0 saturated carbocycles. The van der Waals surface area contributed by atoms with Crippen LogP contribution in [-0.4, -0.2) is 31.4 Å². The Balaban J connectivity index is 1.69. The third kappa shape index (κ3) is 4.67. The fourth-order valence-corrected chi connectivity index (χ4v) is 2.95. The van der Waals surface area contributed by atoms with Crippen LogP contribution in [0, 0.1) is 6.92 Å². The van der Waals surface area contributed by atoms with Gasteiger partial charge in [0.15, 0.2) is 11.0 Å². The van der Waals surface area contributed by atoms with Crippen molar-refractivity contribution in [2.24, 2.45) is 0 Å². The second kappa shape index (κ2) is 7.94. The van der Waals surface area contributed by atoms with Gasteiger partial charge in [0.05, 0.1) is 6.54 Å². The van der Waals surface area contributed by atoms with E-state index >= 15 is 0 Å². The molecule has 1 amide bonds. The molecule has 25 heavy (non-hydrogen) atoms. The summed E-state index contributed by atoms with van der Waals surface area (Å²) in [5.41, 5.74) is 2.27. The van der Waals surface area contributed by atoms with E-state index in [1.165, 1.54) is 11.8 Å². The highest BCUT2D eigenvalue weighted by Crippen LogP contribution is 2.14. The predicted octanol–water partition coefficient (Wildman–Crippen LogP) is 3.39. The lowest BCUT2D eigenvalue weighted by Crippen LogP contribution is -2.15. The van der Waals surface area contributed by atoms with Gasteiger partial charge in [-0.2, -0.15) is 5.10 Å². The molecule has 0 bridgehead atoms. The fourth-order valence-electron chi connectivity index (χ4n) is 2.32. The third-order valence-electron chi connectivity index (χ3n) is 3.41. The summed E-state index contributed by atoms with van der Waals surface area (Å²) >= 11 is 1.51. The van der Waals surface area contributed by atoms with Crippen molar-refractivity contribution in [3.63, 3.8) is 0 Å². The van der Waals surface area contributed by atoms with Crippen molar-refractivity contribution >= 4 is 23.5 Å². The van der Waals surface area contributed by atoms with Gasteiger partial charge in [-0.15, -0.1) is 0 Å². The number of amides is 1. The summed E-state index contributed by atoms with van der Waals surface area (Å²) in [6.07, 6.45) is 1.84. The van der Waals surface area contributed by atoms with Crippen molar-refractivity contribution in [2.75, 3.05) is 11.1 Å². The lowest BCUT2D eigenvalue weighted by molar-refractivity contribution is 0.102. The fraction of sp³-hybridized carbons (Fsp3) is 0.222. The molecule has 1 N–H and O–H groups in total. The first kappa shape index (κ1) is 17.2. The molecule has 1 aromatic carbocycles. The highest BCUT2D eigenvalue weighted by molar-refractivity contribution is 7.99. The number of thioether (sulfide) groups is 1. The molecule has 7 heteroatoms. The molecule has 0 fully saturated rings. The molecule has 3 rings (SSSR count). The van der Waals surface area contributed by atoms with Crippen molar-refractivity contribution in [2.45, 2.75) is 25.5 Å². The number of hydrogen-bond acceptors (Lipinski definition) is 5. The molecule has 0 spiro atoms. The molecule has 0 aliphatic heterocycles. The Morgan fingerprint density at radius 2 is 2.00 bits per heavy atom. The molecule has 3 aromatic rings. The number of aromatic nitrogens is 4. The topological polar surface area (TPSA) is 72.7 Å². The monoisotopic (exact) mass is 353 g/mol. The van der Waals surface area contributed by atoms with E-state index in [-0.39, 0.29) is 5.91 Å². The van der Waals surface area contributed by atoms with Crippen molar-refractivity contribution in [3.05, 3.63) is 65.6 Å². The van der Waals surface area contributed by atoms with Crippen LogP contribution >= 0.6 is 11.8 Å². The summed E-state index contributed by atoms with van der Waals surface area (Å²) in [4.78, 5) is 21.0. The number of benzene rings is 1. The van der Waals surface area contributed by atoms with Crippen LogP contribution in [0.5, 0.6) is 0 Å². The number of carbonyl (C=O) groups is 1. The van der Waals surface area contributed by atoms with Crippen molar-refractivity contribution in [1.29, 1.82) is 0 Å². The first-order chi connectivity index (χ1) is 12.1. The average molecular weight is 353 g/mol. The molecule has 0 aliphatic rings. The minimum atomic E-state index is -0.284. The number of nitrogens with one attached hydrogen (secondary N) is 1. The van der Waals surface area contributed by atoms with E-state index in [1.54, 1.807) is 16.8 Å². The van der Waals surface area contributed by atoms with Crippen molar-refractivity contribution in [1.82, 2.24) is 19.7 Å². The zero-order valence-electron chi connectivity index (χ0n) is 14.1. The van der Waals surface area contributed by atoms with E-state index in [0.29, 0.717) is 23.2 Å². The Morgan fingerprint density at radius 1 is 1.20 bits per heavy atom. The highest BCUT2D eigenvalue weighted by atomic mass is 32.2. The summed E-state index contributed by atoms with van der Waals surface area (Å²) in [5, 5.41) is 7.79. The molecule has 0 unspecified atom stereocenters. The standard InChI is InChI=1S/C18H19N5OS/c1-3-25-18-19-13(2)11-15(20-18)17(24)21-16-9-10-23(22-16)12-14-7-5-4-6-8-14/h4-11H,3,12H2,1-2H3,(H,21,22,24). The number of nitrogens with zero attached hydrogens (tertiary/aromatic N) is 4. The van der Waals surface area contributed by atoms with Crippen LogP contribution in [0.2, 0.25) is 0 Å². The maximum atomic E-state index is 12.4. The maximum absolute atomic E-state index is 12.4. The average Bonchev–Trinajstić information content (AvgIpc) is 3.02. The van der Waals surface area contributed by atoms with Gasteiger partial charge in [-0.1, -0.05) is 49.0 Å². The van der Waals surface area contributed by atoms with E-state index in [4.69, 9.17) is 0 Å². The maximum Gasteiger partial charge on any atom is 0.275 e. The van der Waals surface area contributed by atoms with Gasteiger partial charge in [-0.25, -0.2) is 9.97 Å². The highest BCUT2D eigenvalue weighted by Gasteiger charge is 2.12. The van der Waals surface area contributed by atoms with Crippen LogP contribution in [0.25, 0.3) is 0 Å². The van der Waals surface area contributed by atoms with Crippen molar-refractivity contribution < 1.29 is 4.79 Å². The molecule has 0 atom stereocenters. The Bertz CT molecular complexity index is 863. The predicted molar refractivity (Wildman–Crippen MR) is 98.9 cm³/mol. The van der Waals surface area contributed by atoms with Crippen LogP contribution in [0.4, 0.5) is 5.82 Å². The van der Waals surface area contributed by atoms with Gasteiger partial charge in [0.2, 0.25) is 0 Å². The SMILES string of the molecule is CCSc1nc(C)cc(C(=O)Nc2ccn(Cc3ccccc3)n2)n1. The zero-order valence-corrected chi connectivity index (χ0v) is 15.0. The van der Waals surface area contributed by atoms with Gasteiger partial charge in [-0.05, 0) is 24.3 Å². The quantitative estimate of drug-likeness (QED) is 0.543. The first-order valence-corrected chi connectivity index (χ1v) is 9.00. The molecule has 6 nitrogen and oxygen atoms in total. The Hall–Kier alpha value is -2.67. The normalized spacial score (nSPS) is 10.6. The summed E-state index contributed by atoms with van der Waals surface area (Å²) in [5.74, 6) is 1.07. The molecule has 128 valence electrons. The molecule has 0 radical (unpaired) electrons. The van der Waals surface area contributed by atoms with E-state index in [1.807, 2.05) is 50.4 Å². The molecular weight excluding hydrogens is 334 g/mol. The van der Waals surface area contributed by atoms with Gasteiger partial charge >= 0.3 is 0 Å². The van der Waals surface area contributed by atoms with Crippen molar-refractivity contribution in [3.8, 4) is 0 Å². The van der Waals surface area contributed by atoms with Gasteiger partial charge in [-0.3, -0.25) is 9.48 Å². The second-order valence-corrected chi connectivity index (χ2v) is 6.68. The van der Waals surface area contributed by atoms with Crippen LogP contribution in [0.3, 0.4) is 0 Å². The minimum Gasteiger partial charge on any atom is -0.304 e. The zero-order chi connectivity index (χ0) is 17.6. The molecule has 0 saturated heterocycles. The van der Waals surface area contributed by atoms with E-state index in [0.717, 1.165) is 17.0 Å². The summed E-state index contributed by atoms with van der Waals surface area (Å²) in [6.45, 7) is 4.53. The lowest BCUT2D eigenvalue weighted by Gasteiger charge is -2.05. The summed E-state index contributed by atoms with van der Waals surface area (Å²) in [7, 11) is 0. The van der Waals surface area contributed by atoms with Crippen LogP contribution in [-0.2, 0) is 6.54 Å². The lowest BCUT2D eigenvalue weighted by atomic mass is 10.2. The Kier molecular flexibility index (Phi) is 5.45. The molecule has 2 aromatic heterocycles. The third-order valence-corrected chi connectivity index (χ3v) is 4.14. The molecule has 2 heterocycles. The summed E-state index contributed by atoms with van der Waals surface area (Å²) in [6, 6.07) is 13.5. The number of rotatable bonds is 6. The Morgan fingerprint density at radius 3 is 2.76 bits per heavy atom. The van der Waals surface area contributed by atoms with E-state index in [9.17, 15) is 4.79 Å². The van der Waals surface area contributed by atoms with Gasteiger partial charge < -0.3 is 5.32 Å². The van der Waals surface area contributed by atoms with Crippen LogP contribution in [0.1, 0.15) is 28.7 Å². The second-order valence-electron chi connectivity index (χ2n) is 5.45. The van der Waals surface area contributed by atoms with Gasteiger partial charge in [0.25, 0.3) is 5.91 Å². The number of carbonyl (C=O) groups excluding carboxylic acids is 1. The van der Waals surface area contributed by atoms with E-state index < -0.39 is 0 Å². The number of anilines is 1. The Labute approximate surface area is 150 Å². The first-order valence-electron chi connectivity index (χ1n) is 8.01. The molecular formula is C18H19N5OS. The number of hydrogen-bond donors (Lipinski definition) is 1. The smallest absolute Gasteiger partial charge is 0.275 e. The van der Waals surface area contributed by atoms with Crippen LogP contribution < -0.4 is 5.32 Å². The van der Waals surface area contributed by atoms with Crippen LogP contribution in [0.15, 0.2) is 53.8 Å².